The number of aromatic nitrogens is 1. The number of likely N-dealkylation sites (tertiary alicyclic amines) is 1. The molecule has 1 aromatic rings. The monoisotopic (exact) mass is 377 g/mol. The van der Waals surface area contributed by atoms with E-state index in [1.54, 1.807) is 0 Å². The lowest BCUT2D eigenvalue weighted by atomic mass is 9.96. The second-order valence-electron chi connectivity index (χ2n) is 6.43. The zero-order valence-corrected chi connectivity index (χ0v) is 14.1. The van der Waals surface area contributed by atoms with Crippen molar-refractivity contribution in [3.63, 3.8) is 0 Å². The van der Waals surface area contributed by atoms with E-state index in [9.17, 15) is 22.8 Å². The van der Waals surface area contributed by atoms with Gasteiger partial charge in [0.1, 0.15) is 0 Å². The quantitative estimate of drug-likeness (QED) is 0.840. The number of rotatable bonds is 4. The molecule has 0 bridgehead atoms. The van der Waals surface area contributed by atoms with Crippen molar-refractivity contribution in [1.29, 1.82) is 0 Å². The number of thiazole rings is 1. The summed E-state index contributed by atoms with van der Waals surface area (Å²) in [4.78, 5) is 29.9. The van der Waals surface area contributed by atoms with Gasteiger partial charge in [-0.25, -0.2) is 4.98 Å². The van der Waals surface area contributed by atoms with Crippen molar-refractivity contribution in [2.45, 2.75) is 31.9 Å². The molecule has 1 amide bonds. The van der Waals surface area contributed by atoms with E-state index in [0.29, 0.717) is 5.13 Å². The fourth-order valence-electron chi connectivity index (χ4n) is 3.36. The lowest BCUT2D eigenvalue weighted by molar-refractivity contribution is -0.188. The van der Waals surface area contributed by atoms with E-state index in [1.807, 2.05) is 0 Å². The molecule has 1 aromatic heterocycles. The highest BCUT2D eigenvalue weighted by molar-refractivity contribution is 7.15. The molecule has 2 aliphatic rings. The van der Waals surface area contributed by atoms with Crippen LogP contribution in [0.2, 0.25) is 0 Å². The maximum absolute atomic E-state index is 13.0. The normalized spacial score (nSPS) is 24.1. The van der Waals surface area contributed by atoms with Crippen molar-refractivity contribution in [1.82, 2.24) is 9.88 Å². The number of hydrogen-bond donors (Lipinski definition) is 2. The molecule has 3 rings (SSSR count). The van der Waals surface area contributed by atoms with Gasteiger partial charge in [0.25, 0.3) is 0 Å². The summed E-state index contributed by atoms with van der Waals surface area (Å²) in [5.74, 6) is -5.46. The molecule has 1 fully saturated rings. The minimum atomic E-state index is -4.59. The Labute approximate surface area is 146 Å². The zero-order valence-electron chi connectivity index (χ0n) is 13.3. The molecule has 10 heteroatoms. The van der Waals surface area contributed by atoms with Crippen LogP contribution in [0.5, 0.6) is 0 Å². The number of carboxylic acid groups (broad SMARTS) is 1. The summed E-state index contributed by atoms with van der Waals surface area (Å²) < 4.78 is 38.9. The Hall–Kier alpha value is -1.68. The summed E-state index contributed by atoms with van der Waals surface area (Å²) in [6, 6.07) is 0. The van der Waals surface area contributed by atoms with Crippen molar-refractivity contribution >= 4 is 28.3 Å². The lowest BCUT2D eigenvalue weighted by Crippen LogP contribution is -2.34. The Balaban J connectivity index is 1.59. The average Bonchev–Trinajstić information content (AvgIpc) is 3.09. The third-order valence-corrected chi connectivity index (χ3v) is 5.67. The largest absolute Gasteiger partial charge is 0.481 e. The molecule has 2 atom stereocenters. The van der Waals surface area contributed by atoms with Gasteiger partial charge < -0.3 is 10.4 Å². The SMILES string of the molecule is O=C(CN1C[C@@H](C(F)(F)F)[C@H](C(=O)O)C1)Nc1nc2c(s1)CCCC2. The number of carbonyl (C=O) groups excluding carboxylic acids is 1. The molecule has 25 heavy (non-hydrogen) atoms. The van der Waals surface area contributed by atoms with Crippen LogP contribution in [-0.4, -0.2) is 52.7 Å². The maximum Gasteiger partial charge on any atom is 0.393 e. The zero-order chi connectivity index (χ0) is 18.2. The number of hydrogen-bond acceptors (Lipinski definition) is 5. The van der Waals surface area contributed by atoms with Gasteiger partial charge in [0, 0.05) is 18.0 Å². The van der Waals surface area contributed by atoms with Gasteiger partial charge in [-0.3, -0.25) is 14.5 Å². The number of carbonyl (C=O) groups is 2. The molecule has 2 N–H and O–H groups in total. The molecule has 1 aliphatic carbocycles. The van der Waals surface area contributed by atoms with Gasteiger partial charge in [-0.2, -0.15) is 13.2 Å². The van der Waals surface area contributed by atoms with Gasteiger partial charge in [-0.05, 0) is 25.7 Å². The molecule has 1 aliphatic heterocycles. The minimum absolute atomic E-state index is 0.277. The predicted octanol–water partition coefficient (Wildman–Crippen LogP) is 2.16. The number of amides is 1. The van der Waals surface area contributed by atoms with Crippen LogP contribution in [0.25, 0.3) is 0 Å². The number of halogens is 3. The summed E-state index contributed by atoms with van der Waals surface area (Å²) in [7, 11) is 0. The number of aryl methyl sites for hydroxylation is 2. The molecule has 0 aromatic carbocycles. The molecular formula is C15H18F3N3O3S. The average molecular weight is 377 g/mol. The fourth-order valence-corrected chi connectivity index (χ4v) is 4.43. The van der Waals surface area contributed by atoms with Crippen LogP contribution in [0.3, 0.4) is 0 Å². The van der Waals surface area contributed by atoms with E-state index in [4.69, 9.17) is 5.11 Å². The van der Waals surface area contributed by atoms with E-state index >= 15 is 0 Å². The number of nitrogens with one attached hydrogen (secondary N) is 1. The fraction of sp³-hybridized carbons (Fsp3) is 0.667. The molecule has 0 spiro atoms. The van der Waals surface area contributed by atoms with Gasteiger partial charge in [0.2, 0.25) is 5.91 Å². The second-order valence-corrected chi connectivity index (χ2v) is 7.51. The van der Waals surface area contributed by atoms with E-state index in [0.717, 1.165) is 36.3 Å². The first-order valence-electron chi connectivity index (χ1n) is 8.04. The van der Waals surface area contributed by atoms with Crippen LogP contribution < -0.4 is 5.32 Å². The predicted molar refractivity (Wildman–Crippen MR) is 84.5 cm³/mol. The highest BCUT2D eigenvalue weighted by atomic mass is 32.1. The summed E-state index contributed by atoms with van der Waals surface area (Å²) in [5.41, 5.74) is 0.982. The minimum Gasteiger partial charge on any atom is -0.481 e. The number of alkyl halides is 3. The van der Waals surface area contributed by atoms with Gasteiger partial charge in [-0.1, -0.05) is 0 Å². The van der Waals surface area contributed by atoms with Gasteiger partial charge >= 0.3 is 12.1 Å². The second kappa shape index (κ2) is 6.91. The van der Waals surface area contributed by atoms with Gasteiger partial charge in [-0.15, -0.1) is 11.3 Å². The van der Waals surface area contributed by atoms with Crippen LogP contribution in [0, 0.1) is 11.8 Å². The lowest BCUT2D eigenvalue weighted by Gasteiger charge is -2.18. The maximum atomic E-state index is 13.0. The highest BCUT2D eigenvalue weighted by Crippen LogP contribution is 2.37. The highest BCUT2D eigenvalue weighted by Gasteiger charge is 2.52. The molecule has 0 radical (unpaired) electrons. The van der Waals surface area contributed by atoms with Crippen molar-refractivity contribution in [2.24, 2.45) is 11.8 Å². The molecular weight excluding hydrogens is 359 g/mol. The van der Waals surface area contributed by atoms with Crippen LogP contribution in [-0.2, 0) is 22.4 Å². The van der Waals surface area contributed by atoms with E-state index in [-0.39, 0.29) is 13.1 Å². The van der Waals surface area contributed by atoms with Gasteiger partial charge in [0.05, 0.1) is 24.1 Å². The van der Waals surface area contributed by atoms with E-state index in [2.05, 4.69) is 10.3 Å². The first-order valence-corrected chi connectivity index (χ1v) is 8.86. The van der Waals surface area contributed by atoms with Crippen LogP contribution in [0.15, 0.2) is 0 Å². The molecule has 2 heterocycles. The van der Waals surface area contributed by atoms with Crippen LogP contribution in [0.1, 0.15) is 23.4 Å². The summed E-state index contributed by atoms with van der Waals surface area (Å²) in [6.07, 6.45) is -0.633. The summed E-state index contributed by atoms with van der Waals surface area (Å²) in [5, 5.41) is 12.1. The Morgan fingerprint density at radius 2 is 2.00 bits per heavy atom. The molecule has 0 unspecified atom stereocenters. The molecule has 0 saturated carbocycles. The number of anilines is 1. The van der Waals surface area contributed by atoms with Crippen LogP contribution >= 0.6 is 11.3 Å². The summed E-state index contributed by atoms with van der Waals surface area (Å²) in [6.45, 7) is -1.05. The standard InChI is InChI=1S/C15H18F3N3O3S/c16-15(17,18)9-6-21(5-8(9)13(23)24)7-12(22)20-14-19-10-3-1-2-4-11(10)25-14/h8-9H,1-7H2,(H,23,24)(H,19,20,22)/t8-,9-/m1/s1. The summed E-state index contributed by atoms with van der Waals surface area (Å²) >= 11 is 1.40. The van der Waals surface area contributed by atoms with Gasteiger partial charge in [0.15, 0.2) is 5.13 Å². The van der Waals surface area contributed by atoms with Crippen LogP contribution in [0.4, 0.5) is 18.3 Å². The Bertz CT molecular complexity index is 653. The molecule has 1 saturated heterocycles. The number of nitrogens with zero attached hydrogens (tertiary/aromatic N) is 2. The van der Waals surface area contributed by atoms with Crippen molar-refractivity contribution in [2.75, 3.05) is 25.0 Å². The van der Waals surface area contributed by atoms with Crippen molar-refractivity contribution < 1.29 is 27.9 Å². The number of aliphatic carboxylic acids is 1. The Morgan fingerprint density at radius 3 is 2.60 bits per heavy atom. The van der Waals surface area contributed by atoms with E-state index < -0.39 is 36.4 Å². The number of fused-ring (bicyclic) bond motifs is 1. The molecule has 6 nitrogen and oxygen atoms in total. The first-order chi connectivity index (χ1) is 11.7. The van der Waals surface area contributed by atoms with Crippen molar-refractivity contribution in [3.8, 4) is 0 Å². The number of carboxylic acids is 1. The Kier molecular flexibility index (Phi) is 5.01. The smallest absolute Gasteiger partial charge is 0.393 e. The van der Waals surface area contributed by atoms with E-state index in [1.165, 1.54) is 16.2 Å². The van der Waals surface area contributed by atoms with Crippen molar-refractivity contribution in [3.05, 3.63) is 10.6 Å². The topological polar surface area (TPSA) is 82.5 Å². The Morgan fingerprint density at radius 1 is 1.28 bits per heavy atom. The third kappa shape index (κ3) is 4.12. The third-order valence-electron chi connectivity index (χ3n) is 4.59. The first kappa shape index (κ1) is 18.1. The molecule has 138 valence electrons.